The smallest absolute Gasteiger partial charge is 0.338 e. The van der Waals surface area contributed by atoms with Crippen molar-refractivity contribution in [2.45, 2.75) is 13.0 Å². The van der Waals surface area contributed by atoms with Crippen molar-refractivity contribution in [1.29, 1.82) is 0 Å². The third-order valence-corrected chi connectivity index (χ3v) is 5.54. The van der Waals surface area contributed by atoms with Gasteiger partial charge < -0.3 is 29.0 Å². The zero-order valence-corrected chi connectivity index (χ0v) is 15.6. The molecule has 5 rings (SSSR count). The van der Waals surface area contributed by atoms with Crippen molar-refractivity contribution in [2.75, 3.05) is 27.6 Å². The second-order valence-corrected chi connectivity index (χ2v) is 6.89. The topological polar surface area (TPSA) is 77.5 Å². The Bertz CT molecular complexity index is 1040. The van der Waals surface area contributed by atoms with Crippen molar-refractivity contribution in [3.63, 3.8) is 0 Å². The van der Waals surface area contributed by atoms with E-state index >= 15 is 0 Å². The maximum absolute atomic E-state index is 12.4. The van der Waals surface area contributed by atoms with Crippen LogP contribution in [0.25, 0.3) is 11.3 Å². The van der Waals surface area contributed by atoms with Crippen LogP contribution in [-0.4, -0.2) is 43.5 Å². The van der Waals surface area contributed by atoms with Crippen LogP contribution in [0.1, 0.15) is 22.3 Å². The standard InChI is InChI=1S/C21H19NO6/c1-25-15-4-3-12-14(20(15)26-2)9-22-6-5-11-7-16-17(28-10-27-16)8-13(11)19(22)18(12)21(23)24/h3-4,7-8H,5-6,9-10H2,1-2H3,(H,23,24). The van der Waals surface area contributed by atoms with E-state index in [1.165, 1.54) is 0 Å². The average molecular weight is 381 g/mol. The van der Waals surface area contributed by atoms with E-state index in [0.717, 1.165) is 23.1 Å². The molecule has 0 spiro atoms. The second kappa shape index (κ2) is 6.09. The van der Waals surface area contributed by atoms with Gasteiger partial charge in [-0.05, 0) is 36.2 Å². The number of methoxy groups -OCH3 is 2. The first kappa shape index (κ1) is 16.8. The van der Waals surface area contributed by atoms with Gasteiger partial charge in [-0.25, -0.2) is 4.79 Å². The lowest BCUT2D eigenvalue weighted by molar-refractivity contribution is -0.130. The predicted molar refractivity (Wildman–Crippen MR) is 101 cm³/mol. The third kappa shape index (κ3) is 2.25. The van der Waals surface area contributed by atoms with Gasteiger partial charge in [0.15, 0.2) is 23.0 Å². The van der Waals surface area contributed by atoms with Crippen LogP contribution in [0, 0.1) is 0 Å². The number of carbonyl (C=O) groups is 1. The van der Waals surface area contributed by atoms with Crippen LogP contribution in [0.15, 0.2) is 24.3 Å². The Morgan fingerprint density at radius 1 is 1.11 bits per heavy atom. The van der Waals surface area contributed by atoms with Gasteiger partial charge in [0.1, 0.15) is 0 Å². The first-order valence-electron chi connectivity index (χ1n) is 9.02. The van der Waals surface area contributed by atoms with E-state index in [4.69, 9.17) is 18.9 Å². The van der Waals surface area contributed by atoms with Crippen molar-refractivity contribution in [2.24, 2.45) is 0 Å². The van der Waals surface area contributed by atoms with Crippen molar-refractivity contribution in [1.82, 2.24) is 4.90 Å². The molecule has 3 aliphatic rings. The van der Waals surface area contributed by atoms with E-state index in [-0.39, 0.29) is 12.4 Å². The highest BCUT2D eigenvalue weighted by atomic mass is 16.7. The SMILES string of the molecule is COc1ccc2c(c1OC)CN1CCc3cc4c(cc3C1=C2C(=O)O)OCO4. The van der Waals surface area contributed by atoms with Gasteiger partial charge in [0.25, 0.3) is 0 Å². The Morgan fingerprint density at radius 3 is 2.61 bits per heavy atom. The number of carboxylic acid groups (broad SMARTS) is 1. The molecule has 0 amide bonds. The molecule has 2 aromatic carbocycles. The molecule has 3 aliphatic heterocycles. The number of benzene rings is 2. The number of fused-ring (bicyclic) bond motifs is 5. The maximum atomic E-state index is 12.4. The number of nitrogens with zero attached hydrogens (tertiary/aromatic N) is 1. The summed E-state index contributed by atoms with van der Waals surface area (Å²) in [5.74, 6) is 1.56. The van der Waals surface area contributed by atoms with Crippen LogP contribution in [0.3, 0.4) is 0 Å². The van der Waals surface area contributed by atoms with Crippen LogP contribution in [0.4, 0.5) is 0 Å². The number of aliphatic carboxylic acids is 1. The van der Waals surface area contributed by atoms with E-state index in [9.17, 15) is 9.90 Å². The zero-order valence-electron chi connectivity index (χ0n) is 15.6. The molecule has 0 saturated carbocycles. The molecule has 2 aromatic rings. The fourth-order valence-electron chi connectivity index (χ4n) is 4.32. The monoisotopic (exact) mass is 381 g/mol. The Labute approximate surface area is 161 Å². The van der Waals surface area contributed by atoms with Crippen LogP contribution in [-0.2, 0) is 17.8 Å². The van der Waals surface area contributed by atoms with Crippen molar-refractivity contribution in [3.8, 4) is 23.0 Å². The molecule has 7 nitrogen and oxygen atoms in total. The number of ether oxygens (including phenoxy) is 4. The van der Waals surface area contributed by atoms with E-state index in [2.05, 4.69) is 4.90 Å². The predicted octanol–water partition coefficient (Wildman–Crippen LogP) is 2.76. The molecule has 0 aromatic heterocycles. The minimum atomic E-state index is -0.973. The molecule has 0 radical (unpaired) electrons. The van der Waals surface area contributed by atoms with Crippen molar-refractivity contribution in [3.05, 3.63) is 46.5 Å². The molecular formula is C21H19NO6. The molecule has 0 fully saturated rings. The molecule has 0 aliphatic carbocycles. The largest absolute Gasteiger partial charge is 0.493 e. The molecule has 0 unspecified atom stereocenters. The van der Waals surface area contributed by atoms with Gasteiger partial charge in [-0.2, -0.15) is 0 Å². The molecule has 7 heteroatoms. The van der Waals surface area contributed by atoms with Crippen molar-refractivity contribution < 1.29 is 28.8 Å². The van der Waals surface area contributed by atoms with Crippen LogP contribution in [0.2, 0.25) is 0 Å². The Morgan fingerprint density at radius 2 is 1.89 bits per heavy atom. The number of rotatable bonds is 3. The summed E-state index contributed by atoms with van der Waals surface area (Å²) in [6.07, 6.45) is 0.796. The van der Waals surface area contributed by atoms with E-state index in [0.29, 0.717) is 47.3 Å². The number of carboxylic acids is 1. The van der Waals surface area contributed by atoms with E-state index in [1.54, 1.807) is 26.4 Å². The maximum Gasteiger partial charge on any atom is 0.338 e. The highest BCUT2D eigenvalue weighted by Gasteiger charge is 2.36. The summed E-state index contributed by atoms with van der Waals surface area (Å²) in [5.41, 5.74) is 4.41. The quantitative estimate of drug-likeness (QED) is 0.876. The summed E-state index contributed by atoms with van der Waals surface area (Å²) >= 11 is 0. The molecule has 144 valence electrons. The van der Waals surface area contributed by atoms with Gasteiger partial charge in [-0.15, -0.1) is 0 Å². The molecular weight excluding hydrogens is 362 g/mol. The van der Waals surface area contributed by atoms with Gasteiger partial charge in [0, 0.05) is 29.8 Å². The molecule has 3 heterocycles. The summed E-state index contributed by atoms with van der Waals surface area (Å²) in [6.45, 7) is 1.45. The normalized spacial score (nSPS) is 16.3. The summed E-state index contributed by atoms with van der Waals surface area (Å²) in [4.78, 5) is 14.5. The Kier molecular flexibility index (Phi) is 3.65. The molecule has 28 heavy (non-hydrogen) atoms. The third-order valence-electron chi connectivity index (χ3n) is 5.54. The van der Waals surface area contributed by atoms with Crippen LogP contribution >= 0.6 is 0 Å². The lowest BCUT2D eigenvalue weighted by atomic mass is 9.85. The zero-order chi connectivity index (χ0) is 19.4. The van der Waals surface area contributed by atoms with Crippen molar-refractivity contribution >= 4 is 17.2 Å². The second-order valence-electron chi connectivity index (χ2n) is 6.89. The molecule has 1 N–H and O–H groups in total. The summed E-state index contributed by atoms with van der Waals surface area (Å²) in [7, 11) is 3.15. The highest BCUT2D eigenvalue weighted by molar-refractivity contribution is 6.24. The van der Waals surface area contributed by atoms with Gasteiger partial charge in [0.05, 0.1) is 25.5 Å². The van der Waals surface area contributed by atoms with Gasteiger partial charge >= 0.3 is 5.97 Å². The lowest BCUT2D eigenvalue weighted by Gasteiger charge is -2.39. The van der Waals surface area contributed by atoms with Gasteiger partial charge in [-0.3, -0.25) is 0 Å². The number of hydrogen-bond acceptors (Lipinski definition) is 6. The average Bonchev–Trinajstić information content (AvgIpc) is 3.16. The fraction of sp³-hybridized carbons (Fsp3) is 0.286. The summed E-state index contributed by atoms with van der Waals surface area (Å²) in [5, 5.41) is 10.1. The van der Waals surface area contributed by atoms with E-state index < -0.39 is 5.97 Å². The van der Waals surface area contributed by atoms with Gasteiger partial charge in [-0.1, -0.05) is 0 Å². The first-order chi connectivity index (χ1) is 13.6. The minimum absolute atomic E-state index is 0.187. The fourth-order valence-corrected chi connectivity index (χ4v) is 4.32. The Balaban J connectivity index is 1.79. The first-order valence-corrected chi connectivity index (χ1v) is 9.02. The minimum Gasteiger partial charge on any atom is -0.493 e. The van der Waals surface area contributed by atoms with E-state index in [1.807, 2.05) is 12.1 Å². The number of hydrogen-bond donors (Lipinski definition) is 1. The van der Waals surface area contributed by atoms with Crippen LogP contribution in [0.5, 0.6) is 23.0 Å². The summed E-state index contributed by atoms with van der Waals surface area (Å²) < 4.78 is 22.0. The molecule has 0 saturated heterocycles. The molecule has 0 atom stereocenters. The van der Waals surface area contributed by atoms with Gasteiger partial charge in [0.2, 0.25) is 6.79 Å². The molecule has 0 bridgehead atoms. The lowest BCUT2D eigenvalue weighted by Crippen LogP contribution is -2.34. The van der Waals surface area contributed by atoms with Crippen LogP contribution < -0.4 is 18.9 Å². The highest BCUT2D eigenvalue weighted by Crippen LogP contribution is 2.48. The summed E-state index contributed by atoms with van der Waals surface area (Å²) in [6, 6.07) is 7.41. The Hall–Kier alpha value is -3.35.